The number of rotatable bonds is 2. The minimum atomic E-state index is 0.285. The van der Waals surface area contributed by atoms with E-state index in [9.17, 15) is 0 Å². The van der Waals surface area contributed by atoms with E-state index in [0.29, 0.717) is 5.92 Å². The van der Waals surface area contributed by atoms with Gasteiger partial charge in [-0.2, -0.15) is 0 Å². The summed E-state index contributed by atoms with van der Waals surface area (Å²) in [5, 5.41) is 9.15. The molecule has 15 heavy (non-hydrogen) atoms. The largest absolute Gasteiger partial charge is 0.396 e. The van der Waals surface area contributed by atoms with Crippen molar-refractivity contribution >= 4 is 21.7 Å². The van der Waals surface area contributed by atoms with Crippen molar-refractivity contribution in [1.29, 1.82) is 0 Å². The van der Waals surface area contributed by atoms with Gasteiger partial charge in [0.15, 0.2) is 0 Å². The van der Waals surface area contributed by atoms with Crippen molar-refractivity contribution in [2.75, 3.05) is 24.6 Å². The number of nitrogens with zero attached hydrogens (tertiary/aromatic N) is 2. The van der Waals surface area contributed by atoms with Gasteiger partial charge in [0.05, 0.1) is 0 Å². The van der Waals surface area contributed by atoms with E-state index >= 15 is 0 Å². The zero-order chi connectivity index (χ0) is 10.7. The zero-order valence-electron chi connectivity index (χ0n) is 8.56. The summed E-state index contributed by atoms with van der Waals surface area (Å²) in [6.07, 6.45) is 4.09. The van der Waals surface area contributed by atoms with Crippen LogP contribution in [0, 0.1) is 5.92 Å². The number of hydrogen-bond donors (Lipinski definition) is 1. The number of hydrogen-bond acceptors (Lipinski definition) is 3. The number of aliphatic hydroxyl groups is 1. The molecule has 2 rings (SSSR count). The minimum absolute atomic E-state index is 0.285. The normalized spacial score (nSPS) is 21.7. The number of pyridine rings is 1. The first-order valence-electron chi connectivity index (χ1n) is 5.27. The van der Waals surface area contributed by atoms with E-state index in [4.69, 9.17) is 5.11 Å². The lowest BCUT2D eigenvalue weighted by Crippen LogP contribution is -2.37. The SMILES string of the molecule is OCC1CCCN(c2ccc(Br)cn2)C1. The van der Waals surface area contributed by atoms with Crippen molar-refractivity contribution in [2.24, 2.45) is 5.92 Å². The smallest absolute Gasteiger partial charge is 0.128 e. The highest BCUT2D eigenvalue weighted by Crippen LogP contribution is 2.22. The average Bonchev–Trinajstić information content (AvgIpc) is 2.30. The highest BCUT2D eigenvalue weighted by atomic mass is 79.9. The van der Waals surface area contributed by atoms with Crippen LogP contribution in [0.1, 0.15) is 12.8 Å². The van der Waals surface area contributed by atoms with Gasteiger partial charge >= 0.3 is 0 Å². The van der Waals surface area contributed by atoms with Gasteiger partial charge < -0.3 is 10.0 Å². The van der Waals surface area contributed by atoms with E-state index in [0.717, 1.165) is 36.2 Å². The topological polar surface area (TPSA) is 36.4 Å². The fraction of sp³-hybridized carbons (Fsp3) is 0.545. The van der Waals surface area contributed by atoms with E-state index in [1.54, 1.807) is 0 Å². The third-order valence-corrected chi connectivity index (χ3v) is 3.28. The molecule has 1 saturated heterocycles. The molecule has 0 radical (unpaired) electrons. The van der Waals surface area contributed by atoms with Crippen LogP contribution in [0.4, 0.5) is 5.82 Å². The molecule has 3 nitrogen and oxygen atoms in total. The van der Waals surface area contributed by atoms with Gasteiger partial charge in [-0.05, 0) is 46.8 Å². The molecule has 0 spiro atoms. The molecule has 4 heteroatoms. The maximum Gasteiger partial charge on any atom is 0.128 e. The average molecular weight is 271 g/mol. The van der Waals surface area contributed by atoms with Crippen molar-refractivity contribution in [2.45, 2.75) is 12.8 Å². The maximum absolute atomic E-state index is 9.15. The van der Waals surface area contributed by atoms with Crippen LogP contribution in [0.15, 0.2) is 22.8 Å². The predicted molar refractivity (Wildman–Crippen MR) is 64.0 cm³/mol. The van der Waals surface area contributed by atoms with E-state index < -0.39 is 0 Å². The fourth-order valence-corrected chi connectivity index (χ4v) is 2.21. The highest BCUT2D eigenvalue weighted by molar-refractivity contribution is 9.10. The predicted octanol–water partition coefficient (Wildman–Crippen LogP) is 2.05. The summed E-state index contributed by atoms with van der Waals surface area (Å²) >= 11 is 3.37. The number of piperidine rings is 1. The van der Waals surface area contributed by atoms with E-state index in [1.807, 2.05) is 18.3 Å². The Labute approximate surface area is 98.3 Å². The Hall–Kier alpha value is -0.610. The number of aromatic nitrogens is 1. The van der Waals surface area contributed by atoms with Gasteiger partial charge in [0.1, 0.15) is 5.82 Å². The van der Waals surface area contributed by atoms with E-state index in [2.05, 4.69) is 25.8 Å². The van der Waals surface area contributed by atoms with Gasteiger partial charge in [0.25, 0.3) is 0 Å². The first-order chi connectivity index (χ1) is 7.29. The molecule has 2 heterocycles. The minimum Gasteiger partial charge on any atom is -0.396 e. The number of aliphatic hydroxyl groups excluding tert-OH is 1. The van der Waals surface area contributed by atoms with Crippen LogP contribution in [0.3, 0.4) is 0 Å². The molecule has 1 aliphatic rings. The molecule has 1 N–H and O–H groups in total. The van der Waals surface area contributed by atoms with Gasteiger partial charge in [-0.25, -0.2) is 4.98 Å². The van der Waals surface area contributed by atoms with Crippen LogP contribution < -0.4 is 4.90 Å². The lowest BCUT2D eigenvalue weighted by Gasteiger charge is -2.32. The van der Waals surface area contributed by atoms with Gasteiger partial charge in [-0.1, -0.05) is 0 Å². The van der Waals surface area contributed by atoms with Crippen molar-refractivity contribution < 1.29 is 5.11 Å². The van der Waals surface area contributed by atoms with Gasteiger partial charge in [-0.15, -0.1) is 0 Å². The quantitative estimate of drug-likeness (QED) is 0.894. The summed E-state index contributed by atoms with van der Waals surface area (Å²) in [6.45, 7) is 2.25. The fourth-order valence-electron chi connectivity index (χ4n) is 1.98. The number of anilines is 1. The van der Waals surface area contributed by atoms with Crippen molar-refractivity contribution in [3.8, 4) is 0 Å². The summed E-state index contributed by atoms with van der Waals surface area (Å²) in [4.78, 5) is 6.61. The molecule has 0 amide bonds. The highest BCUT2D eigenvalue weighted by Gasteiger charge is 2.19. The molecule has 1 aromatic rings. The third kappa shape index (κ3) is 2.69. The summed E-state index contributed by atoms with van der Waals surface area (Å²) in [5.74, 6) is 1.42. The molecule has 0 saturated carbocycles. The molecule has 1 aliphatic heterocycles. The Kier molecular flexibility index (Phi) is 3.59. The van der Waals surface area contributed by atoms with Crippen molar-refractivity contribution in [3.05, 3.63) is 22.8 Å². The first-order valence-corrected chi connectivity index (χ1v) is 6.06. The second kappa shape index (κ2) is 4.94. The summed E-state index contributed by atoms with van der Waals surface area (Å²) in [6, 6.07) is 4.02. The Balaban J connectivity index is 2.06. The van der Waals surface area contributed by atoms with Crippen LogP contribution in [0.25, 0.3) is 0 Å². The lowest BCUT2D eigenvalue weighted by atomic mass is 9.99. The molecule has 1 fully saturated rings. The monoisotopic (exact) mass is 270 g/mol. The second-order valence-corrected chi connectivity index (χ2v) is 4.89. The molecular formula is C11H15BrN2O. The molecule has 82 valence electrons. The Morgan fingerprint density at radius 3 is 3.07 bits per heavy atom. The van der Waals surface area contributed by atoms with Crippen LogP contribution >= 0.6 is 15.9 Å². The van der Waals surface area contributed by atoms with Crippen LogP contribution in [-0.4, -0.2) is 29.8 Å². The standard InChI is InChI=1S/C11H15BrN2O/c12-10-3-4-11(13-6-10)14-5-1-2-9(7-14)8-15/h3-4,6,9,15H,1-2,5,7-8H2. The van der Waals surface area contributed by atoms with Crippen LogP contribution in [0.2, 0.25) is 0 Å². The zero-order valence-corrected chi connectivity index (χ0v) is 10.2. The summed E-state index contributed by atoms with van der Waals surface area (Å²) in [7, 11) is 0. The van der Waals surface area contributed by atoms with Crippen LogP contribution in [0.5, 0.6) is 0 Å². The third-order valence-electron chi connectivity index (χ3n) is 2.81. The Bertz CT molecular complexity index is 315. The van der Waals surface area contributed by atoms with Crippen molar-refractivity contribution in [3.63, 3.8) is 0 Å². The molecular weight excluding hydrogens is 256 g/mol. The summed E-state index contributed by atoms with van der Waals surface area (Å²) < 4.78 is 1.00. The molecule has 0 bridgehead atoms. The second-order valence-electron chi connectivity index (χ2n) is 3.97. The molecule has 1 unspecified atom stereocenters. The summed E-state index contributed by atoms with van der Waals surface area (Å²) in [5.41, 5.74) is 0. The Morgan fingerprint density at radius 2 is 2.40 bits per heavy atom. The molecule has 0 aliphatic carbocycles. The van der Waals surface area contributed by atoms with Gasteiger partial charge in [0.2, 0.25) is 0 Å². The van der Waals surface area contributed by atoms with Crippen molar-refractivity contribution in [1.82, 2.24) is 4.98 Å². The lowest BCUT2D eigenvalue weighted by molar-refractivity contribution is 0.208. The first kappa shape index (κ1) is 10.9. The molecule has 1 atom stereocenters. The van der Waals surface area contributed by atoms with E-state index in [1.165, 1.54) is 0 Å². The number of halogens is 1. The maximum atomic E-state index is 9.15. The molecule has 0 aromatic carbocycles. The van der Waals surface area contributed by atoms with Gasteiger partial charge in [-0.3, -0.25) is 0 Å². The molecule has 1 aromatic heterocycles. The van der Waals surface area contributed by atoms with Gasteiger partial charge in [0, 0.05) is 30.4 Å². The van der Waals surface area contributed by atoms with E-state index in [-0.39, 0.29) is 6.61 Å². The van der Waals surface area contributed by atoms with Crippen LogP contribution in [-0.2, 0) is 0 Å². The Morgan fingerprint density at radius 1 is 1.53 bits per heavy atom.